The van der Waals surface area contributed by atoms with E-state index in [4.69, 9.17) is 9.15 Å². The third kappa shape index (κ3) is 4.86. The molecule has 7 heteroatoms. The molecule has 0 aliphatic rings. The molecule has 29 heavy (non-hydrogen) atoms. The van der Waals surface area contributed by atoms with E-state index in [1.54, 1.807) is 30.4 Å². The molecule has 0 aliphatic carbocycles. The van der Waals surface area contributed by atoms with Gasteiger partial charge < -0.3 is 9.15 Å². The smallest absolute Gasteiger partial charge is 0.192 e. The third-order valence-electron chi connectivity index (χ3n) is 4.42. The molecule has 0 atom stereocenters. The van der Waals surface area contributed by atoms with Crippen molar-refractivity contribution in [2.24, 2.45) is 0 Å². The Labute approximate surface area is 174 Å². The Morgan fingerprint density at radius 2 is 2.07 bits per heavy atom. The van der Waals surface area contributed by atoms with Gasteiger partial charge in [0.15, 0.2) is 11.0 Å². The lowest BCUT2D eigenvalue weighted by molar-refractivity contribution is 0.343. The molecule has 0 saturated heterocycles. The molecular weight excluding hydrogens is 384 g/mol. The fraction of sp³-hybridized carbons (Fsp3) is 0.227. The van der Waals surface area contributed by atoms with E-state index in [1.807, 2.05) is 36.4 Å². The summed E-state index contributed by atoms with van der Waals surface area (Å²) in [5.74, 6) is 3.29. The molecule has 4 rings (SSSR count). The Morgan fingerprint density at radius 1 is 1.10 bits per heavy atom. The van der Waals surface area contributed by atoms with Gasteiger partial charge in [-0.1, -0.05) is 30.8 Å². The molecule has 148 valence electrons. The van der Waals surface area contributed by atoms with Crippen LogP contribution in [0.15, 0.2) is 76.8 Å². The number of aromatic nitrogens is 4. The molecule has 0 unspecified atom stereocenters. The quantitative estimate of drug-likeness (QED) is 0.296. The molecule has 4 aromatic rings. The topological polar surface area (TPSA) is 66.0 Å². The second-order valence-electron chi connectivity index (χ2n) is 6.41. The van der Waals surface area contributed by atoms with Gasteiger partial charge in [0, 0.05) is 23.7 Å². The van der Waals surface area contributed by atoms with Crippen molar-refractivity contribution in [1.82, 2.24) is 19.7 Å². The average Bonchev–Trinajstić information content (AvgIpc) is 3.43. The van der Waals surface area contributed by atoms with Crippen LogP contribution in [0.3, 0.4) is 0 Å². The number of aryl methyl sites for hydroxylation is 1. The largest absolute Gasteiger partial charge is 0.493 e. The highest BCUT2D eigenvalue weighted by Crippen LogP contribution is 2.25. The minimum Gasteiger partial charge on any atom is -0.493 e. The van der Waals surface area contributed by atoms with Crippen molar-refractivity contribution in [2.75, 3.05) is 12.4 Å². The lowest BCUT2D eigenvalue weighted by Gasteiger charge is -2.10. The molecule has 0 aliphatic heterocycles. The Bertz CT molecular complexity index is 1030. The monoisotopic (exact) mass is 406 g/mol. The number of pyridine rings is 1. The molecule has 6 nitrogen and oxygen atoms in total. The highest BCUT2D eigenvalue weighted by molar-refractivity contribution is 7.99. The van der Waals surface area contributed by atoms with E-state index in [-0.39, 0.29) is 0 Å². The lowest BCUT2D eigenvalue weighted by atomic mass is 10.2. The maximum absolute atomic E-state index is 5.90. The summed E-state index contributed by atoms with van der Waals surface area (Å²) in [6, 6.07) is 15.9. The number of thioether (sulfide) groups is 1. The SMILES string of the molecule is CCc1cccc(OCCSc2nnc(-c3cccnc3)n2Cc2ccco2)c1. The zero-order chi connectivity index (χ0) is 19.9. The molecular formula is C22H22N4O2S. The minimum absolute atomic E-state index is 0.561. The Morgan fingerprint density at radius 3 is 2.86 bits per heavy atom. The van der Waals surface area contributed by atoms with E-state index in [0.29, 0.717) is 13.2 Å². The zero-order valence-corrected chi connectivity index (χ0v) is 17.0. The van der Waals surface area contributed by atoms with Crippen LogP contribution >= 0.6 is 11.8 Å². The van der Waals surface area contributed by atoms with E-state index in [9.17, 15) is 0 Å². The summed E-state index contributed by atoms with van der Waals surface area (Å²) in [6.07, 6.45) is 6.21. The number of furan rings is 1. The molecule has 0 fully saturated rings. The first kappa shape index (κ1) is 19.3. The van der Waals surface area contributed by atoms with Gasteiger partial charge in [0.1, 0.15) is 11.5 Å². The lowest BCUT2D eigenvalue weighted by Crippen LogP contribution is -2.06. The number of nitrogens with zero attached hydrogens (tertiary/aromatic N) is 4. The summed E-state index contributed by atoms with van der Waals surface area (Å²) >= 11 is 1.62. The standard InChI is InChI=1S/C22H22N4O2S/c1-2-17-6-3-8-19(14-17)28-12-13-29-22-25-24-21(18-7-4-10-23-15-18)26(22)16-20-9-5-11-27-20/h3-11,14-15H,2,12-13,16H2,1H3. The van der Waals surface area contributed by atoms with Crippen LogP contribution in [0.1, 0.15) is 18.2 Å². The maximum Gasteiger partial charge on any atom is 0.192 e. The van der Waals surface area contributed by atoms with E-state index < -0.39 is 0 Å². The van der Waals surface area contributed by atoms with Crippen LogP contribution in [0.2, 0.25) is 0 Å². The normalized spacial score (nSPS) is 10.9. The molecule has 3 heterocycles. The van der Waals surface area contributed by atoms with E-state index in [0.717, 1.165) is 40.2 Å². The molecule has 0 spiro atoms. The second kappa shape index (κ2) is 9.43. The third-order valence-corrected chi connectivity index (χ3v) is 5.35. The predicted octanol–water partition coefficient (Wildman–Crippen LogP) is 4.71. The first-order valence-corrected chi connectivity index (χ1v) is 10.5. The van der Waals surface area contributed by atoms with Gasteiger partial charge in [0.05, 0.1) is 19.4 Å². The molecule has 0 bridgehead atoms. The summed E-state index contributed by atoms with van der Waals surface area (Å²) in [6.45, 7) is 3.29. The van der Waals surface area contributed by atoms with Crippen molar-refractivity contribution >= 4 is 11.8 Å². The first-order valence-electron chi connectivity index (χ1n) is 9.54. The molecule has 1 aromatic carbocycles. The van der Waals surface area contributed by atoms with Crippen LogP contribution < -0.4 is 4.74 Å². The average molecular weight is 407 g/mol. The van der Waals surface area contributed by atoms with Gasteiger partial charge in [-0.15, -0.1) is 10.2 Å². The van der Waals surface area contributed by atoms with Gasteiger partial charge >= 0.3 is 0 Å². The van der Waals surface area contributed by atoms with E-state index in [2.05, 4.69) is 38.8 Å². The van der Waals surface area contributed by atoms with Crippen molar-refractivity contribution in [1.29, 1.82) is 0 Å². The Balaban J connectivity index is 1.45. The minimum atomic E-state index is 0.561. The van der Waals surface area contributed by atoms with Gasteiger partial charge in [-0.3, -0.25) is 9.55 Å². The van der Waals surface area contributed by atoms with E-state index >= 15 is 0 Å². The highest BCUT2D eigenvalue weighted by atomic mass is 32.2. The van der Waals surface area contributed by atoms with Gasteiger partial charge in [0.2, 0.25) is 0 Å². The number of rotatable bonds is 9. The van der Waals surface area contributed by atoms with Crippen LogP contribution in [-0.2, 0) is 13.0 Å². The molecule has 0 amide bonds. The molecule has 3 aromatic heterocycles. The van der Waals surface area contributed by atoms with Crippen LogP contribution in [0, 0.1) is 0 Å². The summed E-state index contributed by atoms with van der Waals surface area (Å²) < 4.78 is 13.5. The molecule has 0 N–H and O–H groups in total. The number of benzene rings is 1. The Hall–Kier alpha value is -3.06. The fourth-order valence-corrected chi connectivity index (χ4v) is 3.71. The van der Waals surface area contributed by atoms with Crippen molar-refractivity contribution in [3.05, 3.63) is 78.5 Å². The van der Waals surface area contributed by atoms with Crippen molar-refractivity contribution in [3.8, 4) is 17.1 Å². The molecule has 0 saturated carbocycles. The summed E-state index contributed by atoms with van der Waals surface area (Å²) in [4.78, 5) is 4.20. The van der Waals surface area contributed by atoms with Gasteiger partial charge in [-0.25, -0.2) is 0 Å². The molecule has 0 radical (unpaired) electrons. The van der Waals surface area contributed by atoms with Gasteiger partial charge in [-0.05, 0) is 48.4 Å². The van der Waals surface area contributed by atoms with Gasteiger partial charge in [0.25, 0.3) is 0 Å². The maximum atomic E-state index is 5.90. The Kier molecular flexibility index (Phi) is 6.26. The first-order chi connectivity index (χ1) is 14.3. The van der Waals surface area contributed by atoms with E-state index in [1.165, 1.54) is 5.56 Å². The van der Waals surface area contributed by atoms with Crippen molar-refractivity contribution < 1.29 is 9.15 Å². The van der Waals surface area contributed by atoms with Crippen LogP contribution in [-0.4, -0.2) is 32.1 Å². The summed E-state index contributed by atoms with van der Waals surface area (Å²) in [5, 5.41) is 9.62. The van der Waals surface area contributed by atoms with Gasteiger partial charge in [-0.2, -0.15) is 0 Å². The fourth-order valence-electron chi connectivity index (χ4n) is 2.95. The van der Waals surface area contributed by atoms with Crippen LogP contribution in [0.5, 0.6) is 5.75 Å². The van der Waals surface area contributed by atoms with Crippen molar-refractivity contribution in [2.45, 2.75) is 25.0 Å². The number of hydrogen-bond donors (Lipinski definition) is 0. The number of hydrogen-bond acceptors (Lipinski definition) is 6. The van der Waals surface area contributed by atoms with Crippen molar-refractivity contribution in [3.63, 3.8) is 0 Å². The highest BCUT2D eigenvalue weighted by Gasteiger charge is 2.16. The summed E-state index contributed by atoms with van der Waals surface area (Å²) in [5.41, 5.74) is 2.19. The zero-order valence-electron chi connectivity index (χ0n) is 16.2. The number of ether oxygens (including phenoxy) is 1. The second-order valence-corrected chi connectivity index (χ2v) is 7.47. The van der Waals surface area contributed by atoms with Crippen LogP contribution in [0.25, 0.3) is 11.4 Å². The predicted molar refractivity (Wildman–Crippen MR) is 113 cm³/mol. The summed E-state index contributed by atoms with van der Waals surface area (Å²) in [7, 11) is 0. The van der Waals surface area contributed by atoms with Crippen LogP contribution in [0.4, 0.5) is 0 Å².